The van der Waals surface area contributed by atoms with Crippen LogP contribution in [0.3, 0.4) is 0 Å². The zero-order chi connectivity index (χ0) is 17.8. The van der Waals surface area contributed by atoms with E-state index in [1.807, 2.05) is 0 Å². The second-order valence-corrected chi connectivity index (χ2v) is 16.2. The van der Waals surface area contributed by atoms with Gasteiger partial charge in [0.15, 0.2) is 0 Å². The Hall–Kier alpha value is -1.43. The number of benzene rings is 3. The Balaban J connectivity index is 2.36. The molecular formula is C23H26BrP. The first-order chi connectivity index (χ1) is 12.1. The van der Waals surface area contributed by atoms with Crippen molar-refractivity contribution in [3.63, 3.8) is 0 Å². The molecule has 3 aromatic rings. The van der Waals surface area contributed by atoms with E-state index in [2.05, 4.69) is 120 Å². The van der Waals surface area contributed by atoms with Crippen LogP contribution in [0.25, 0.3) is 0 Å². The predicted molar refractivity (Wildman–Crippen MR) is 118 cm³/mol. The average molecular weight is 413 g/mol. The molecule has 0 bridgehead atoms. The van der Waals surface area contributed by atoms with Gasteiger partial charge in [-0.15, -0.1) is 0 Å². The van der Waals surface area contributed by atoms with E-state index in [9.17, 15) is 0 Å². The molecule has 0 spiro atoms. The Bertz CT molecular complexity index is 698. The number of hydrogen-bond acceptors (Lipinski definition) is 0. The first-order valence-electron chi connectivity index (χ1n) is 8.95. The number of rotatable bonds is 6. The number of halogens is 1. The van der Waals surface area contributed by atoms with Gasteiger partial charge in [0.25, 0.3) is 0 Å². The molecule has 0 N–H and O–H groups in total. The van der Waals surface area contributed by atoms with Gasteiger partial charge >= 0.3 is 160 Å². The summed E-state index contributed by atoms with van der Waals surface area (Å²) in [5.74, 6) is 0.662. The fourth-order valence-electron chi connectivity index (χ4n) is 3.55. The monoisotopic (exact) mass is 412 g/mol. The minimum absolute atomic E-state index is 0.662. The molecule has 2 heteroatoms. The van der Waals surface area contributed by atoms with E-state index >= 15 is 0 Å². The zero-order valence-electron chi connectivity index (χ0n) is 15.0. The fraction of sp³-hybridized carbons (Fsp3) is 0.217. The van der Waals surface area contributed by atoms with Crippen LogP contribution in [0.4, 0.5) is 0 Å². The Morgan fingerprint density at radius 3 is 1.24 bits per heavy atom. The summed E-state index contributed by atoms with van der Waals surface area (Å²) < 4.78 is 0. The van der Waals surface area contributed by atoms with Crippen molar-refractivity contribution in [1.29, 1.82) is 0 Å². The van der Waals surface area contributed by atoms with E-state index in [1.165, 1.54) is 22.3 Å². The molecule has 0 unspecified atom stereocenters. The van der Waals surface area contributed by atoms with Gasteiger partial charge in [0.1, 0.15) is 0 Å². The quantitative estimate of drug-likeness (QED) is 0.444. The van der Waals surface area contributed by atoms with Crippen molar-refractivity contribution >= 4 is 36.7 Å². The second kappa shape index (κ2) is 7.44. The molecule has 0 heterocycles. The summed E-state index contributed by atoms with van der Waals surface area (Å²) in [6, 6.07) is 33.1. The molecule has 0 saturated heterocycles. The maximum absolute atomic E-state index is 4.48. The Morgan fingerprint density at radius 2 is 0.960 bits per heavy atom. The molecule has 3 aromatic carbocycles. The van der Waals surface area contributed by atoms with Crippen molar-refractivity contribution in [1.82, 2.24) is 0 Å². The minimum atomic E-state index is -2.68. The van der Waals surface area contributed by atoms with Crippen molar-refractivity contribution in [3.05, 3.63) is 91.0 Å². The van der Waals surface area contributed by atoms with E-state index in [1.54, 1.807) is 0 Å². The van der Waals surface area contributed by atoms with Crippen LogP contribution in [0.5, 0.6) is 0 Å². The van der Waals surface area contributed by atoms with Gasteiger partial charge in [-0.05, 0) is 0 Å². The van der Waals surface area contributed by atoms with E-state index in [0.717, 1.165) is 6.16 Å². The van der Waals surface area contributed by atoms with Gasteiger partial charge in [-0.25, -0.2) is 0 Å². The van der Waals surface area contributed by atoms with Crippen LogP contribution < -0.4 is 15.9 Å². The third-order valence-corrected chi connectivity index (χ3v) is 15.0. The summed E-state index contributed by atoms with van der Waals surface area (Å²) >= 11 is 4.48. The van der Waals surface area contributed by atoms with Crippen LogP contribution in [-0.4, -0.2) is 6.16 Å². The van der Waals surface area contributed by atoms with Crippen LogP contribution in [-0.2, 0) is 0 Å². The van der Waals surface area contributed by atoms with Crippen LogP contribution in [0.15, 0.2) is 91.0 Å². The molecule has 0 saturated carbocycles. The Kier molecular flexibility index (Phi) is 5.46. The van der Waals surface area contributed by atoms with Gasteiger partial charge in [0, 0.05) is 0 Å². The average Bonchev–Trinajstić information content (AvgIpc) is 2.68. The summed E-state index contributed by atoms with van der Waals surface area (Å²) in [6.07, 6.45) is 2.31. The molecule has 3 rings (SSSR count). The molecule has 0 aliphatic rings. The van der Waals surface area contributed by atoms with Crippen LogP contribution in [0, 0.1) is 5.92 Å². The molecule has 25 heavy (non-hydrogen) atoms. The van der Waals surface area contributed by atoms with Gasteiger partial charge in [-0.3, -0.25) is 0 Å². The van der Waals surface area contributed by atoms with E-state index < -0.39 is 5.31 Å². The van der Waals surface area contributed by atoms with Gasteiger partial charge in [-0.1, -0.05) is 0 Å². The molecule has 0 aromatic heterocycles. The third kappa shape index (κ3) is 3.33. The van der Waals surface area contributed by atoms with Gasteiger partial charge in [0.2, 0.25) is 0 Å². The van der Waals surface area contributed by atoms with E-state index in [-0.39, 0.29) is 0 Å². The van der Waals surface area contributed by atoms with Crippen molar-refractivity contribution in [3.8, 4) is 0 Å². The number of hydrogen-bond donors (Lipinski definition) is 0. The summed E-state index contributed by atoms with van der Waals surface area (Å²) in [7, 11) is 0. The summed E-state index contributed by atoms with van der Waals surface area (Å²) in [4.78, 5) is 0. The van der Waals surface area contributed by atoms with Gasteiger partial charge < -0.3 is 0 Å². The molecular weight excluding hydrogens is 387 g/mol. The second-order valence-electron chi connectivity index (χ2n) is 7.10. The standard InChI is InChI=1S/C23H26BrP/c1-20(2)18-19-25(24,21-12-6-3-7-13-21,22-14-8-4-9-15-22)23-16-10-5-11-17-23/h3-17,20H,18-19H2,1-2H3. The first-order valence-corrected chi connectivity index (χ1v) is 13.4. The summed E-state index contributed by atoms with van der Waals surface area (Å²) in [5, 5.41) is 1.54. The molecule has 0 aliphatic carbocycles. The van der Waals surface area contributed by atoms with Crippen molar-refractivity contribution in [2.24, 2.45) is 5.92 Å². The summed E-state index contributed by atoms with van der Waals surface area (Å²) in [6.45, 7) is 4.63. The fourth-order valence-corrected chi connectivity index (χ4v) is 11.3. The maximum atomic E-state index is 4.48. The molecule has 0 fully saturated rings. The third-order valence-electron chi connectivity index (χ3n) is 5.01. The van der Waals surface area contributed by atoms with E-state index in [0.29, 0.717) is 5.92 Å². The Labute approximate surface area is 160 Å². The molecule has 0 radical (unpaired) electrons. The van der Waals surface area contributed by atoms with Crippen LogP contribution in [0.1, 0.15) is 20.3 Å². The van der Waals surface area contributed by atoms with Crippen molar-refractivity contribution in [2.45, 2.75) is 20.3 Å². The Morgan fingerprint density at radius 1 is 0.640 bits per heavy atom. The topological polar surface area (TPSA) is 0 Å². The molecule has 130 valence electrons. The van der Waals surface area contributed by atoms with E-state index in [4.69, 9.17) is 0 Å². The first kappa shape index (κ1) is 18.4. The molecule has 0 aliphatic heterocycles. The molecule has 0 nitrogen and oxygen atoms in total. The predicted octanol–water partition coefficient (Wildman–Crippen LogP) is 5.87. The molecule has 0 atom stereocenters. The van der Waals surface area contributed by atoms with Crippen molar-refractivity contribution in [2.75, 3.05) is 6.16 Å². The zero-order valence-corrected chi connectivity index (χ0v) is 17.5. The summed E-state index contributed by atoms with van der Waals surface area (Å²) in [5.41, 5.74) is 0. The van der Waals surface area contributed by atoms with Crippen LogP contribution in [0.2, 0.25) is 0 Å². The molecule has 0 amide bonds. The normalized spacial score (nSPS) is 13.4. The SMILES string of the molecule is CC(C)CCP(Br)(c1ccccc1)(c1ccccc1)c1ccccc1. The van der Waals surface area contributed by atoms with Gasteiger partial charge in [0.05, 0.1) is 0 Å². The van der Waals surface area contributed by atoms with Crippen molar-refractivity contribution < 1.29 is 0 Å². The van der Waals surface area contributed by atoms with Gasteiger partial charge in [-0.2, -0.15) is 0 Å². The van der Waals surface area contributed by atoms with Crippen LogP contribution >= 0.6 is 20.8 Å².